The molecule has 0 unspecified atom stereocenters. The molecule has 1 fully saturated rings. The van der Waals surface area contributed by atoms with Crippen LogP contribution in [0.3, 0.4) is 0 Å². The van der Waals surface area contributed by atoms with E-state index in [1.165, 1.54) is 18.2 Å². The van der Waals surface area contributed by atoms with Crippen LogP contribution in [0.1, 0.15) is 5.56 Å². The zero-order valence-electron chi connectivity index (χ0n) is 15.9. The third-order valence-corrected chi connectivity index (χ3v) is 4.93. The molecule has 0 aliphatic carbocycles. The van der Waals surface area contributed by atoms with Crippen molar-refractivity contribution >= 4 is 46.1 Å². The van der Waals surface area contributed by atoms with Gasteiger partial charge in [0.2, 0.25) is 11.8 Å². The van der Waals surface area contributed by atoms with E-state index in [0.717, 1.165) is 30.3 Å². The van der Waals surface area contributed by atoms with Gasteiger partial charge in [0, 0.05) is 17.5 Å². The van der Waals surface area contributed by atoms with Crippen LogP contribution >= 0.6 is 11.8 Å². The van der Waals surface area contributed by atoms with E-state index >= 15 is 0 Å². The lowest BCUT2D eigenvalue weighted by Crippen LogP contribution is -2.36. The van der Waals surface area contributed by atoms with Gasteiger partial charge in [-0.1, -0.05) is 6.07 Å². The first kappa shape index (κ1) is 23.0. The summed E-state index contributed by atoms with van der Waals surface area (Å²) < 4.78 is 51.2. The van der Waals surface area contributed by atoms with Gasteiger partial charge in [0.15, 0.2) is 0 Å². The first-order valence-corrected chi connectivity index (χ1v) is 9.63. The number of carbonyl (C=O) groups is 4. The van der Waals surface area contributed by atoms with Gasteiger partial charge in [0.1, 0.15) is 12.4 Å². The van der Waals surface area contributed by atoms with Crippen LogP contribution < -0.4 is 10.6 Å². The van der Waals surface area contributed by atoms with Crippen LogP contribution in [-0.2, 0) is 20.6 Å². The van der Waals surface area contributed by atoms with E-state index in [2.05, 4.69) is 10.6 Å². The Balaban J connectivity index is 1.63. The summed E-state index contributed by atoms with van der Waals surface area (Å²) in [6.07, 6.45) is -3.74. The smallest absolute Gasteiger partial charge is 0.325 e. The maximum atomic E-state index is 12.9. The number of hydrogen-bond donors (Lipinski definition) is 2. The fourth-order valence-electron chi connectivity index (χ4n) is 2.58. The molecule has 0 saturated carbocycles. The summed E-state index contributed by atoms with van der Waals surface area (Å²) in [5.41, 5.74) is -0.880. The number of carbonyl (C=O) groups excluding carboxylic acids is 4. The lowest BCUT2D eigenvalue weighted by Gasteiger charge is -2.13. The van der Waals surface area contributed by atoms with Gasteiger partial charge in [-0.25, -0.2) is 4.39 Å². The SMILES string of the molecule is O=C(C=C1SC(=O)N(CC(=O)Nc2cccc(C(F)(F)F)c2)C1=O)Nc1ccc(F)cc1. The number of anilines is 2. The van der Waals surface area contributed by atoms with Crippen LogP contribution in [0.5, 0.6) is 0 Å². The molecule has 0 aromatic heterocycles. The summed E-state index contributed by atoms with van der Waals surface area (Å²) in [6.45, 7) is -0.752. The van der Waals surface area contributed by atoms with Gasteiger partial charge in [-0.05, 0) is 54.2 Å². The summed E-state index contributed by atoms with van der Waals surface area (Å²) >= 11 is 0.426. The molecule has 7 nitrogen and oxygen atoms in total. The fourth-order valence-corrected chi connectivity index (χ4v) is 3.39. The molecule has 0 spiro atoms. The standard InChI is InChI=1S/C20H13F4N3O4S/c21-12-4-6-13(7-5-12)25-16(28)9-15-18(30)27(19(31)32-15)10-17(29)26-14-3-1-2-11(8-14)20(22,23)24/h1-9H,10H2,(H,25,28)(H,26,29). The predicted octanol–water partition coefficient (Wildman–Crippen LogP) is 4.00. The lowest BCUT2D eigenvalue weighted by molar-refractivity contribution is -0.137. The molecule has 0 radical (unpaired) electrons. The maximum absolute atomic E-state index is 12.9. The molecule has 12 heteroatoms. The number of rotatable bonds is 5. The molecule has 1 saturated heterocycles. The predicted molar refractivity (Wildman–Crippen MR) is 108 cm³/mol. The molecule has 4 amide bonds. The summed E-state index contributed by atoms with van der Waals surface area (Å²) in [5.74, 6) is -3.07. The number of benzene rings is 2. The Kier molecular flexibility index (Phi) is 6.63. The monoisotopic (exact) mass is 467 g/mol. The largest absolute Gasteiger partial charge is 0.416 e. The zero-order valence-corrected chi connectivity index (χ0v) is 16.7. The average Bonchev–Trinajstić information content (AvgIpc) is 2.96. The van der Waals surface area contributed by atoms with Gasteiger partial charge in [-0.15, -0.1) is 0 Å². The minimum Gasteiger partial charge on any atom is -0.325 e. The first-order valence-electron chi connectivity index (χ1n) is 8.82. The van der Waals surface area contributed by atoms with Crippen LogP contribution in [0.25, 0.3) is 0 Å². The van der Waals surface area contributed by atoms with E-state index in [-0.39, 0.29) is 16.3 Å². The lowest BCUT2D eigenvalue weighted by atomic mass is 10.2. The molecule has 3 rings (SSSR count). The second kappa shape index (κ2) is 9.22. The molecule has 0 bridgehead atoms. The van der Waals surface area contributed by atoms with E-state index < -0.39 is 47.1 Å². The van der Waals surface area contributed by atoms with Crippen molar-refractivity contribution in [1.29, 1.82) is 0 Å². The van der Waals surface area contributed by atoms with Gasteiger partial charge in [0.25, 0.3) is 11.1 Å². The topological polar surface area (TPSA) is 95.6 Å². The highest BCUT2D eigenvalue weighted by Crippen LogP contribution is 2.32. The van der Waals surface area contributed by atoms with Crippen molar-refractivity contribution in [2.24, 2.45) is 0 Å². The van der Waals surface area contributed by atoms with E-state index in [4.69, 9.17) is 0 Å². The summed E-state index contributed by atoms with van der Waals surface area (Å²) in [4.78, 5) is 48.9. The number of nitrogens with zero attached hydrogens (tertiary/aromatic N) is 1. The summed E-state index contributed by atoms with van der Waals surface area (Å²) in [7, 11) is 0. The van der Waals surface area contributed by atoms with Crippen LogP contribution in [0, 0.1) is 5.82 Å². The highest BCUT2D eigenvalue weighted by molar-refractivity contribution is 8.18. The van der Waals surface area contributed by atoms with Crippen LogP contribution in [0.2, 0.25) is 0 Å². The van der Waals surface area contributed by atoms with Crippen molar-refractivity contribution in [3.05, 3.63) is 70.9 Å². The molecule has 1 heterocycles. The second-order valence-electron chi connectivity index (χ2n) is 6.39. The molecule has 2 N–H and O–H groups in total. The Morgan fingerprint density at radius 2 is 1.69 bits per heavy atom. The number of nitrogens with one attached hydrogen (secondary N) is 2. The van der Waals surface area contributed by atoms with Gasteiger partial charge < -0.3 is 10.6 Å². The number of halogens is 4. The minimum absolute atomic E-state index is 0.161. The van der Waals surface area contributed by atoms with E-state index in [0.29, 0.717) is 22.7 Å². The molecule has 1 aliphatic heterocycles. The quantitative estimate of drug-likeness (QED) is 0.512. The number of imide groups is 1. The Morgan fingerprint density at radius 1 is 1.00 bits per heavy atom. The Labute approximate surface area is 182 Å². The molecule has 0 atom stereocenters. The molecule has 1 aliphatic rings. The summed E-state index contributed by atoms with van der Waals surface area (Å²) in [6, 6.07) is 8.69. The van der Waals surface area contributed by atoms with Gasteiger partial charge >= 0.3 is 6.18 Å². The molecular weight excluding hydrogens is 454 g/mol. The number of alkyl halides is 3. The normalized spacial score (nSPS) is 15.2. The fraction of sp³-hybridized carbons (Fsp3) is 0.100. The van der Waals surface area contributed by atoms with Gasteiger partial charge in [-0.3, -0.25) is 24.1 Å². The zero-order chi connectivity index (χ0) is 23.5. The van der Waals surface area contributed by atoms with Crippen molar-refractivity contribution in [2.45, 2.75) is 6.18 Å². The number of amides is 4. The third kappa shape index (κ3) is 5.72. The highest BCUT2D eigenvalue weighted by Gasteiger charge is 2.37. The van der Waals surface area contributed by atoms with Gasteiger partial charge in [-0.2, -0.15) is 13.2 Å². The van der Waals surface area contributed by atoms with E-state index in [1.54, 1.807) is 0 Å². The van der Waals surface area contributed by atoms with Crippen molar-refractivity contribution in [2.75, 3.05) is 17.2 Å². The number of hydrogen-bond acceptors (Lipinski definition) is 5. The second-order valence-corrected chi connectivity index (χ2v) is 7.38. The van der Waals surface area contributed by atoms with Crippen molar-refractivity contribution in [3.63, 3.8) is 0 Å². The third-order valence-electron chi connectivity index (χ3n) is 4.02. The minimum atomic E-state index is -4.60. The van der Waals surface area contributed by atoms with Crippen LogP contribution in [-0.4, -0.2) is 34.4 Å². The summed E-state index contributed by atoms with van der Waals surface area (Å²) in [5, 5.41) is 3.76. The molecule has 2 aromatic rings. The molecule has 166 valence electrons. The van der Waals surface area contributed by atoms with Crippen molar-refractivity contribution in [1.82, 2.24) is 4.90 Å². The Hall–Kier alpha value is -3.67. The molecule has 32 heavy (non-hydrogen) atoms. The van der Waals surface area contributed by atoms with Crippen LogP contribution in [0.15, 0.2) is 59.5 Å². The number of thioether (sulfide) groups is 1. The maximum Gasteiger partial charge on any atom is 0.416 e. The van der Waals surface area contributed by atoms with Crippen molar-refractivity contribution in [3.8, 4) is 0 Å². The first-order chi connectivity index (χ1) is 15.0. The Morgan fingerprint density at radius 3 is 2.34 bits per heavy atom. The average molecular weight is 467 g/mol. The molecule has 2 aromatic carbocycles. The Bertz CT molecular complexity index is 1120. The van der Waals surface area contributed by atoms with E-state index in [9.17, 15) is 36.7 Å². The van der Waals surface area contributed by atoms with Crippen molar-refractivity contribution < 1.29 is 36.7 Å². The van der Waals surface area contributed by atoms with Gasteiger partial charge in [0.05, 0.1) is 10.5 Å². The highest BCUT2D eigenvalue weighted by atomic mass is 32.2. The molecular formula is C20H13F4N3O4S. The van der Waals surface area contributed by atoms with Crippen LogP contribution in [0.4, 0.5) is 33.7 Å². The van der Waals surface area contributed by atoms with E-state index in [1.807, 2.05) is 0 Å².